The average Bonchev–Trinajstić information content (AvgIpc) is 3.38. The number of carbonyl (C=O) groups excluding carboxylic acids is 4. The van der Waals surface area contributed by atoms with Gasteiger partial charge in [-0.3, -0.25) is 24.2 Å². The Morgan fingerprint density at radius 1 is 1.15 bits per heavy atom. The number of aromatic nitrogens is 1. The minimum Gasteiger partial charge on any atom is -0.497 e. The van der Waals surface area contributed by atoms with Crippen LogP contribution in [0.1, 0.15) is 46.7 Å². The molecule has 2 aromatic heterocycles. The van der Waals surface area contributed by atoms with Crippen molar-refractivity contribution >= 4 is 43.7 Å². The number of amides is 2. The fourth-order valence-corrected chi connectivity index (χ4v) is 7.13. The summed E-state index contributed by atoms with van der Waals surface area (Å²) >= 11 is 0. The van der Waals surface area contributed by atoms with E-state index in [1.165, 1.54) is 30.3 Å². The molecule has 2 aliphatic heterocycles. The van der Waals surface area contributed by atoms with E-state index in [2.05, 4.69) is 10.3 Å². The topological polar surface area (TPSA) is 156 Å². The molecule has 3 aromatic rings. The minimum atomic E-state index is -4.55. The average molecular weight is 581 g/mol. The van der Waals surface area contributed by atoms with Crippen molar-refractivity contribution in [3.05, 3.63) is 60.1 Å². The molecule has 4 heterocycles. The highest BCUT2D eigenvalue weighted by Crippen LogP contribution is 2.37. The van der Waals surface area contributed by atoms with Gasteiger partial charge >= 0.3 is 5.12 Å². The fraction of sp³-hybridized carbons (Fsp3) is 0.393. The summed E-state index contributed by atoms with van der Waals surface area (Å²) in [7, 11) is -3.01. The quantitative estimate of drug-likeness (QED) is 0.419. The van der Waals surface area contributed by atoms with Crippen molar-refractivity contribution in [3.8, 4) is 5.75 Å². The fourth-order valence-electron chi connectivity index (χ4n) is 5.66. The first-order valence-electron chi connectivity index (χ1n) is 13.4. The number of ketones is 1. The van der Waals surface area contributed by atoms with Crippen LogP contribution < -0.4 is 10.1 Å². The van der Waals surface area contributed by atoms with Gasteiger partial charge in [-0.05, 0) is 55.2 Å². The van der Waals surface area contributed by atoms with Gasteiger partial charge in [-0.15, -0.1) is 0 Å². The van der Waals surface area contributed by atoms with Gasteiger partial charge in [0, 0.05) is 18.1 Å². The number of likely N-dealkylation sites (tertiary alicyclic amines) is 1. The molecule has 1 saturated carbocycles. The molecule has 2 saturated heterocycles. The molecule has 3 fully saturated rings. The highest BCUT2D eigenvalue weighted by Gasteiger charge is 2.55. The standard InChI is InChI=1S/C28H28N4O8S/c1-39-18-7-8-23-17(13-18)14-24(40-23)26(34)30-20(12-16-5-6-16)27(35)31-11-9-21-25(31)22(33)15-32(21)41(37,38)28(36)19-4-2-3-10-29-19/h2-4,7-8,10,13-14,16,20-21,25H,5-6,9,11-12,15H2,1H3,(H,30,34). The maximum atomic E-state index is 13.8. The van der Waals surface area contributed by atoms with E-state index >= 15 is 0 Å². The first kappa shape index (κ1) is 27.1. The summed E-state index contributed by atoms with van der Waals surface area (Å²) in [5.74, 6) is -0.606. The summed E-state index contributed by atoms with van der Waals surface area (Å²) in [6.45, 7) is -0.396. The van der Waals surface area contributed by atoms with Crippen LogP contribution in [0.5, 0.6) is 5.75 Å². The van der Waals surface area contributed by atoms with E-state index in [0.717, 1.165) is 17.1 Å². The number of ether oxygens (including phenoxy) is 1. The van der Waals surface area contributed by atoms with Gasteiger partial charge in [0.2, 0.25) is 5.91 Å². The maximum Gasteiger partial charge on any atom is 0.310 e. The lowest BCUT2D eigenvalue weighted by Crippen LogP contribution is -2.52. The summed E-state index contributed by atoms with van der Waals surface area (Å²) in [5, 5.41) is 2.26. The number of furan rings is 1. The Morgan fingerprint density at radius 2 is 1.95 bits per heavy atom. The van der Waals surface area contributed by atoms with Crippen LogP contribution in [-0.4, -0.2) is 83.6 Å². The molecule has 3 aliphatic rings. The Morgan fingerprint density at radius 3 is 2.66 bits per heavy atom. The van der Waals surface area contributed by atoms with E-state index in [9.17, 15) is 27.6 Å². The molecule has 1 aliphatic carbocycles. The van der Waals surface area contributed by atoms with Crippen molar-refractivity contribution in [3.63, 3.8) is 0 Å². The second-order valence-corrected chi connectivity index (χ2v) is 12.4. The van der Waals surface area contributed by atoms with Gasteiger partial charge in [0.15, 0.2) is 11.5 Å². The lowest BCUT2D eigenvalue weighted by Gasteiger charge is -2.28. The molecule has 13 heteroatoms. The summed E-state index contributed by atoms with van der Waals surface area (Å²) < 4.78 is 38.2. The van der Waals surface area contributed by atoms with Gasteiger partial charge in [0.1, 0.15) is 29.1 Å². The molecule has 0 bridgehead atoms. The van der Waals surface area contributed by atoms with Crippen LogP contribution >= 0.6 is 0 Å². The van der Waals surface area contributed by atoms with Crippen LogP contribution in [-0.2, 0) is 19.6 Å². The molecule has 3 atom stereocenters. The predicted octanol–water partition coefficient (Wildman–Crippen LogP) is 1.76. The molecule has 2 amide bonds. The molecule has 0 radical (unpaired) electrons. The molecule has 1 aromatic carbocycles. The monoisotopic (exact) mass is 580 g/mol. The number of sulfonamides is 1. The van der Waals surface area contributed by atoms with Gasteiger partial charge < -0.3 is 19.4 Å². The lowest BCUT2D eigenvalue weighted by atomic mass is 10.1. The lowest BCUT2D eigenvalue weighted by molar-refractivity contribution is -0.138. The molecule has 3 unspecified atom stereocenters. The third-order valence-corrected chi connectivity index (χ3v) is 9.59. The van der Waals surface area contributed by atoms with Gasteiger partial charge in [-0.25, -0.2) is 8.42 Å². The SMILES string of the molecule is COc1ccc2oc(C(=O)NC(CC3CC3)C(=O)N3CCC4C3C(=O)CN4S(=O)(=O)C(=O)c3ccccn3)cc2c1. The van der Waals surface area contributed by atoms with E-state index in [0.29, 0.717) is 23.1 Å². The second-order valence-electron chi connectivity index (χ2n) is 10.6. The number of fused-ring (bicyclic) bond motifs is 2. The van der Waals surface area contributed by atoms with Crippen molar-refractivity contribution in [2.45, 2.75) is 43.8 Å². The molecular formula is C28H28N4O8S. The van der Waals surface area contributed by atoms with Crippen LogP contribution in [0, 0.1) is 5.92 Å². The number of hydrogen-bond donors (Lipinski definition) is 1. The third-order valence-electron chi connectivity index (χ3n) is 7.89. The highest BCUT2D eigenvalue weighted by atomic mass is 32.2. The van der Waals surface area contributed by atoms with Gasteiger partial charge in [-0.2, -0.15) is 4.31 Å². The van der Waals surface area contributed by atoms with Gasteiger partial charge in [0.25, 0.3) is 15.9 Å². The van der Waals surface area contributed by atoms with E-state index in [1.807, 2.05) is 0 Å². The molecule has 1 N–H and O–H groups in total. The van der Waals surface area contributed by atoms with Crippen molar-refractivity contribution in [1.82, 2.24) is 19.5 Å². The number of pyridine rings is 1. The second kappa shape index (κ2) is 10.4. The van der Waals surface area contributed by atoms with Crippen LogP contribution in [0.25, 0.3) is 11.0 Å². The van der Waals surface area contributed by atoms with Crippen molar-refractivity contribution < 1.29 is 36.7 Å². The smallest absolute Gasteiger partial charge is 0.310 e. The van der Waals surface area contributed by atoms with Gasteiger partial charge in [0.05, 0.1) is 19.7 Å². The Balaban J connectivity index is 1.20. The third kappa shape index (κ3) is 4.99. The zero-order valence-corrected chi connectivity index (χ0v) is 23.0. The molecule has 41 heavy (non-hydrogen) atoms. The molecule has 6 rings (SSSR count). The predicted molar refractivity (Wildman–Crippen MR) is 144 cm³/mol. The Labute approximate surface area is 235 Å². The summed E-state index contributed by atoms with van der Waals surface area (Å²) in [6.07, 6.45) is 3.74. The summed E-state index contributed by atoms with van der Waals surface area (Å²) in [6, 6.07) is 8.22. The van der Waals surface area contributed by atoms with Crippen molar-refractivity contribution in [2.24, 2.45) is 5.92 Å². The number of benzene rings is 1. The molecule has 0 spiro atoms. The minimum absolute atomic E-state index is 0.0309. The number of nitrogens with zero attached hydrogens (tertiary/aromatic N) is 3. The number of hydrogen-bond acceptors (Lipinski definition) is 9. The van der Waals surface area contributed by atoms with Crippen LogP contribution in [0.2, 0.25) is 0 Å². The maximum absolute atomic E-state index is 13.8. The zero-order chi connectivity index (χ0) is 28.9. The number of methoxy groups -OCH3 is 1. The first-order chi connectivity index (χ1) is 19.7. The van der Waals surface area contributed by atoms with Crippen LogP contribution in [0.15, 0.2) is 53.1 Å². The summed E-state index contributed by atoms with van der Waals surface area (Å²) in [5.41, 5.74) is 0.243. The van der Waals surface area contributed by atoms with E-state index in [4.69, 9.17) is 9.15 Å². The van der Waals surface area contributed by atoms with Gasteiger partial charge in [-0.1, -0.05) is 18.9 Å². The Bertz CT molecular complexity index is 1650. The Kier molecular flexibility index (Phi) is 6.86. The Hall–Kier alpha value is -4.10. The number of rotatable bonds is 8. The molecule has 214 valence electrons. The largest absolute Gasteiger partial charge is 0.497 e. The van der Waals surface area contributed by atoms with Crippen molar-refractivity contribution in [2.75, 3.05) is 20.2 Å². The van der Waals surface area contributed by atoms with E-state index < -0.39 is 57.4 Å². The number of Topliss-reactive ketones (excluding diaryl/α,β-unsaturated/α-hetero) is 1. The summed E-state index contributed by atoms with van der Waals surface area (Å²) in [4.78, 5) is 58.1. The number of carbonyl (C=O) groups is 4. The highest BCUT2D eigenvalue weighted by molar-refractivity contribution is 8.04. The molecular weight excluding hydrogens is 552 g/mol. The molecule has 12 nitrogen and oxygen atoms in total. The normalized spacial score (nSPS) is 21.6. The van der Waals surface area contributed by atoms with E-state index in [-0.39, 0.29) is 30.3 Å². The van der Waals surface area contributed by atoms with Crippen LogP contribution in [0.3, 0.4) is 0 Å². The number of nitrogens with one attached hydrogen (secondary N) is 1. The zero-order valence-electron chi connectivity index (χ0n) is 22.2. The first-order valence-corrected chi connectivity index (χ1v) is 14.8. The van der Waals surface area contributed by atoms with E-state index in [1.54, 1.807) is 30.3 Å². The van der Waals surface area contributed by atoms with Crippen molar-refractivity contribution in [1.29, 1.82) is 0 Å². The van der Waals surface area contributed by atoms with Crippen LogP contribution in [0.4, 0.5) is 0 Å².